The molecule has 2 nitrogen and oxygen atoms in total. The van der Waals surface area contributed by atoms with Crippen molar-refractivity contribution in [2.45, 2.75) is 16.0 Å². The van der Waals surface area contributed by atoms with Crippen LogP contribution in [0, 0.1) is 0 Å². The number of amides is 1. The van der Waals surface area contributed by atoms with Crippen LogP contribution in [0.5, 0.6) is 0 Å². The van der Waals surface area contributed by atoms with Gasteiger partial charge in [0.1, 0.15) is 11.4 Å². The zero-order chi connectivity index (χ0) is 15.2. The standard InChI is InChI=1S/C14H8ClF3NOS/c15-21-11-7-3-1-5-9(11)19(13(20)14(16,17)18)10-6-2-4-8-12(10)21/h1-8H/q+1. The molecule has 0 unspecified atom stereocenters. The molecule has 7 heteroatoms. The van der Waals surface area contributed by atoms with Gasteiger partial charge in [0.05, 0.1) is 0 Å². The van der Waals surface area contributed by atoms with Crippen molar-refractivity contribution < 1.29 is 18.0 Å². The lowest BCUT2D eigenvalue weighted by Gasteiger charge is -2.28. The minimum Gasteiger partial charge on any atom is -0.264 e. The van der Waals surface area contributed by atoms with Crippen molar-refractivity contribution in [1.29, 1.82) is 0 Å². The van der Waals surface area contributed by atoms with E-state index in [0.29, 0.717) is 14.7 Å². The zero-order valence-electron chi connectivity index (χ0n) is 10.4. The predicted molar refractivity (Wildman–Crippen MR) is 75.8 cm³/mol. The number of halogens is 4. The summed E-state index contributed by atoms with van der Waals surface area (Å²) >= 11 is 0. The Kier molecular flexibility index (Phi) is 3.37. The van der Waals surface area contributed by atoms with Crippen molar-refractivity contribution in [2.24, 2.45) is 0 Å². The summed E-state index contributed by atoms with van der Waals surface area (Å²) in [5, 5.41) is 0. The van der Waals surface area contributed by atoms with Gasteiger partial charge in [0.25, 0.3) is 0 Å². The Hall–Kier alpha value is -1.66. The first-order chi connectivity index (χ1) is 9.91. The van der Waals surface area contributed by atoms with Crippen molar-refractivity contribution in [2.75, 3.05) is 4.90 Å². The molecule has 2 aromatic rings. The van der Waals surface area contributed by atoms with E-state index < -0.39 is 22.2 Å². The van der Waals surface area contributed by atoms with Crippen molar-refractivity contribution in [1.82, 2.24) is 0 Å². The highest BCUT2D eigenvalue weighted by atomic mass is 35.7. The third kappa shape index (κ3) is 2.28. The van der Waals surface area contributed by atoms with E-state index >= 15 is 0 Å². The van der Waals surface area contributed by atoms with Gasteiger partial charge in [-0.05, 0) is 24.3 Å². The molecule has 0 fully saturated rings. The topological polar surface area (TPSA) is 20.3 Å². The second-order valence-corrected chi connectivity index (χ2v) is 6.65. The summed E-state index contributed by atoms with van der Waals surface area (Å²) in [4.78, 5) is 13.5. The fourth-order valence-electron chi connectivity index (χ4n) is 2.18. The Morgan fingerprint density at radius 1 is 0.952 bits per heavy atom. The average molecular weight is 331 g/mol. The zero-order valence-corrected chi connectivity index (χ0v) is 12.0. The van der Waals surface area contributed by atoms with E-state index in [1.807, 2.05) is 0 Å². The molecule has 0 saturated carbocycles. The van der Waals surface area contributed by atoms with Gasteiger partial charge in [-0.25, -0.2) is 0 Å². The number of anilines is 2. The van der Waals surface area contributed by atoms with Crippen molar-refractivity contribution in [3.63, 3.8) is 0 Å². The summed E-state index contributed by atoms with van der Waals surface area (Å²) in [6.45, 7) is 0. The Labute approximate surface area is 126 Å². The van der Waals surface area contributed by atoms with Crippen LogP contribution in [0.1, 0.15) is 0 Å². The summed E-state index contributed by atoms with van der Waals surface area (Å²) in [7, 11) is 5.48. The molecule has 1 aliphatic heterocycles. The lowest BCUT2D eigenvalue weighted by Crippen LogP contribution is -2.40. The van der Waals surface area contributed by atoms with Crippen LogP contribution in [0.15, 0.2) is 58.3 Å². The van der Waals surface area contributed by atoms with Crippen LogP contribution in [0.4, 0.5) is 24.5 Å². The monoisotopic (exact) mass is 330 g/mol. The van der Waals surface area contributed by atoms with Gasteiger partial charge in [0, 0.05) is 0 Å². The van der Waals surface area contributed by atoms with Crippen LogP contribution in [-0.4, -0.2) is 12.1 Å². The second kappa shape index (κ2) is 4.96. The molecule has 0 spiro atoms. The molecule has 1 amide bonds. The molecule has 3 rings (SSSR count). The minimum atomic E-state index is -4.96. The fourth-order valence-corrected chi connectivity index (χ4v) is 4.28. The maximum atomic E-state index is 12.9. The summed E-state index contributed by atoms with van der Waals surface area (Å²) in [5.74, 6) is -1.92. The maximum absolute atomic E-state index is 12.9. The highest BCUT2D eigenvalue weighted by molar-refractivity contribution is 8.18. The van der Waals surface area contributed by atoms with Crippen LogP contribution in [-0.2, 0) is 14.9 Å². The smallest absolute Gasteiger partial charge is 0.264 e. The Morgan fingerprint density at radius 3 is 1.81 bits per heavy atom. The second-order valence-electron chi connectivity index (χ2n) is 4.33. The number of nitrogens with zero attached hydrogens (tertiary/aromatic N) is 1. The van der Waals surface area contributed by atoms with E-state index in [4.69, 9.17) is 10.7 Å². The van der Waals surface area contributed by atoms with E-state index in [0.717, 1.165) is 0 Å². The molecule has 108 valence electrons. The number of hydrogen-bond acceptors (Lipinski definition) is 1. The van der Waals surface area contributed by atoms with Crippen molar-refractivity contribution >= 4 is 38.1 Å². The number of alkyl halides is 3. The highest BCUT2D eigenvalue weighted by Crippen LogP contribution is 2.47. The quantitative estimate of drug-likeness (QED) is 0.655. The van der Waals surface area contributed by atoms with E-state index in [2.05, 4.69) is 0 Å². The molecular formula is C14H8ClF3NOS+. The van der Waals surface area contributed by atoms with E-state index in [9.17, 15) is 18.0 Å². The first-order valence-corrected chi connectivity index (χ1v) is 7.96. The highest BCUT2D eigenvalue weighted by Gasteiger charge is 2.49. The lowest BCUT2D eigenvalue weighted by atomic mass is 10.2. The molecule has 1 aliphatic rings. The molecule has 0 atom stereocenters. The lowest BCUT2D eigenvalue weighted by molar-refractivity contribution is -0.169. The molecule has 21 heavy (non-hydrogen) atoms. The Balaban J connectivity index is 2.25. The summed E-state index contributed by atoms with van der Waals surface area (Å²) < 4.78 is 38.7. The SMILES string of the molecule is O=C(N1c2ccccc2[S+](Cl)c2ccccc21)C(F)(F)F. The van der Waals surface area contributed by atoms with Gasteiger partial charge in [-0.2, -0.15) is 13.2 Å². The van der Waals surface area contributed by atoms with Crippen molar-refractivity contribution in [3.8, 4) is 0 Å². The van der Waals surface area contributed by atoms with E-state index in [1.54, 1.807) is 36.4 Å². The molecule has 0 aliphatic carbocycles. The fraction of sp³-hybridized carbons (Fsp3) is 0.0714. The Bertz CT molecular complexity index is 672. The van der Waals surface area contributed by atoms with Crippen molar-refractivity contribution in [3.05, 3.63) is 48.5 Å². The van der Waals surface area contributed by atoms with Crippen LogP contribution < -0.4 is 4.90 Å². The van der Waals surface area contributed by atoms with Gasteiger partial charge in [0.15, 0.2) is 20.8 Å². The molecule has 0 radical (unpaired) electrons. The van der Waals surface area contributed by atoms with E-state index in [-0.39, 0.29) is 11.4 Å². The maximum Gasteiger partial charge on any atom is 0.472 e. The van der Waals surface area contributed by atoms with Gasteiger partial charge < -0.3 is 0 Å². The first kappa shape index (κ1) is 14.3. The number of fused-ring (bicyclic) bond motifs is 2. The van der Waals surface area contributed by atoms with Gasteiger partial charge in [0.2, 0.25) is 9.79 Å². The van der Waals surface area contributed by atoms with Gasteiger partial charge in [-0.1, -0.05) is 24.3 Å². The van der Waals surface area contributed by atoms with Gasteiger partial charge in [-0.15, -0.1) is 0 Å². The van der Waals surface area contributed by atoms with Crippen LogP contribution >= 0.6 is 10.7 Å². The molecule has 1 heterocycles. The molecule has 0 aromatic heterocycles. The average Bonchev–Trinajstić information content (AvgIpc) is 2.46. The number of hydrogen-bond donors (Lipinski definition) is 0. The van der Waals surface area contributed by atoms with Crippen LogP contribution in [0.2, 0.25) is 0 Å². The molecule has 2 aromatic carbocycles. The summed E-state index contributed by atoms with van der Waals surface area (Å²) in [5.41, 5.74) is 0.355. The van der Waals surface area contributed by atoms with Gasteiger partial charge >= 0.3 is 12.1 Å². The molecule has 0 saturated heterocycles. The minimum absolute atomic E-state index is 0.178. The molecule has 0 bridgehead atoms. The number of carbonyl (C=O) groups excluding carboxylic acids is 1. The third-order valence-electron chi connectivity index (χ3n) is 3.04. The number of benzene rings is 2. The number of rotatable bonds is 0. The number of para-hydroxylation sites is 2. The molecular weight excluding hydrogens is 323 g/mol. The first-order valence-electron chi connectivity index (χ1n) is 5.91. The summed E-state index contributed by atoms with van der Waals surface area (Å²) in [6.07, 6.45) is -4.96. The number of carbonyl (C=O) groups is 1. The third-order valence-corrected chi connectivity index (χ3v) is 5.50. The van der Waals surface area contributed by atoms with Crippen LogP contribution in [0.25, 0.3) is 0 Å². The largest absolute Gasteiger partial charge is 0.472 e. The Morgan fingerprint density at radius 2 is 1.38 bits per heavy atom. The van der Waals surface area contributed by atoms with Crippen LogP contribution in [0.3, 0.4) is 0 Å². The predicted octanol–water partition coefficient (Wildman–Crippen LogP) is 4.42. The normalized spacial score (nSPS) is 14.6. The molecule has 0 N–H and O–H groups in total. The van der Waals surface area contributed by atoms with E-state index in [1.165, 1.54) is 12.1 Å². The van der Waals surface area contributed by atoms with Gasteiger partial charge in [-0.3, -0.25) is 9.69 Å². The summed E-state index contributed by atoms with van der Waals surface area (Å²) in [6, 6.07) is 12.7.